The zero-order valence-electron chi connectivity index (χ0n) is 12.6. The molecule has 2 aliphatic heterocycles. The van der Waals surface area contributed by atoms with E-state index in [0.717, 1.165) is 37.3 Å². The van der Waals surface area contributed by atoms with Crippen LogP contribution in [0, 0.1) is 0 Å². The number of likely N-dealkylation sites (tertiary alicyclic amines) is 1. The van der Waals surface area contributed by atoms with Gasteiger partial charge in [0, 0.05) is 19.6 Å². The maximum Gasteiger partial charge on any atom is 0.335 e. The second-order valence-electron chi connectivity index (χ2n) is 6.12. The molecule has 4 rings (SSSR count). The lowest BCUT2D eigenvalue weighted by molar-refractivity contribution is -0.0704. The molecule has 1 fully saturated rings. The van der Waals surface area contributed by atoms with E-state index in [1.165, 1.54) is 0 Å². The lowest BCUT2D eigenvalue weighted by Crippen LogP contribution is -2.48. The van der Waals surface area contributed by atoms with Crippen molar-refractivity contribution in [2.45, 2.75) is 31.7 Å². The van der Waals surface area contributed by atoms with Crippen molar-refractivity contribution in [2.75, 3.05) is 13.1 Å². The van der Waals surface area contributed by atoms with Gasteiger partial charge in [0.15, 0.2) is 0 Å². The van der Waals surface area contributed by atoms with Crippen molar-refractivity contribution < 1.29 is 14.6 Å². The number of carbonyl (C=O) groups is 1. The molecule has 0 aliphatic carbocycles. The molecule has 0 bridgehead atoms. The SMILES string of the molecule is O=C(O)c1cccc(CN2CC[C@H]3[C@H](C2)OCc2cnnn23)c1. The first-order valence-corrected chi connectivity index (χ1v) is 7.76. The highest BCUT2D eigenvalue weighted by atomic mass is 16.5. The third-order valence-electron chi connectivity index (χ3n) is 4.60. The fourth-order valence-electron chi connectivity index (χ4n) is 3.46. The summed E-state index contributed by atoms with van der Waals surface area (Å²) in [6.45, 7) is 3.04. The van der Waals surface area contributed by atoms with Gasteiger partial charge in [-0.25, -0.2) is 9.48 Å². The van der Waals surface area contributed by atoms with Crippen LogP contribution in [0.5, 0.6) is 0 Å². The van der Waals surface area contributed by atoms with Gasteiger partial charge in [-0.15, -0.1) is 5.10 Å². The van der Waals surface area contributed by atoms with Crippen LogP contribution in [0.4, 0.5) is 0 Å². The Morgan fingerprint density at radius 1 is 1.43 bits per heavy atom. The van der Waals surface area contributed by atoms with Crippen LogP contribution in [0.1, 0.15) is 34.1 Å². The van der Waals surface area contributed by atoms with E-state index >= 15 is 0 Å². The Hall–Kier alpha value is -2.25. The Kier molecular flexibility index (Phi) is 3.59. The fourth-order valence-corrected chi connectivity index (χ4v) is 3.46. The summed E-state index contributed by atoms with van der Waals surface area (Å²) in [6, 6.07) is 7.38. The number of hydrogen-bond donors (Lipinski definition) is 1. The molecule has 120 valence electrons. The van der Waals surface area contributed by atoms with Crippen molar-refractivity contribution >= 4 is 5.97 Å². The molecule has 1 saturated heterocycles. The van der Waals surface area contributed by atoms with Gasteiger partial charge in [0.05, 0.1) is 36.2 Å². The number of aromatic nitrogens is 3. The number of carboxylic acid groups (broad SMARTS) is 1. The average molecular weight is 314 g/mol. The zero-order chi connectivity index (χ0) is 15.8. The van der Waals surface area contributed by atoms with Gasteiger partial charge in [-0.2, -0.15) is 0 Å². The minimum absolute atomic E-state index is 0.112. The number of benzene rings is 1. The minimum Gasteiger partial charge on any atom is -0.478 e. The van der Waals surface area contributed by atoms with E-state index in [0.29, 0.717) is 12.2 Å². The van der Waals surface area contributed by atoms with Gasteiger partial charge < -0.3 is 9.84 Å². The monoisotopic (exact) mass is 314 g/mol. The van der Waals surface area contributed by atoms with E-state index in [1.54, 1.807) is 24.4 Å². The smallest absolute Gasteiger partial charge is 0.335 e. The molecule has 0 saturated carbocycles. The number of hydrogen-bond acceptors (Lipinski definition) is 5. The summed E-state index contributed by atoms with van der Waals surface area (Å²) in [5.74, 6) is -0.889. The van der Waals surface area contributed by atoms with Crippen LogP contribution in [0.3, 0.4) is 0 Å². The summed E-state index contributed by atoms with van der Waals surface area (Å²) in [4.78, 5) is 13.4. The standard InChI is InChI=1S/C16H18N4O3/c21-16(22)12-3-1-2-11(6-12)8-19-5-4-14-15(9-19)23-10-13-7-17-18-20(13)14/h1-3,6-7,14-15H,4-5,8-10H2,(H,21,22)/t14-,15-/m0/s1. The Bertz CT molecular complexity index is 730. The minimum atomic E-state index is -0.889. The number of piperidine rings is 1. The summed E-state index contributed by atoms with van der Waals surface area (Å²) in [7, 11) is 0. The number of aromatic carboxylic acids is 1. The van der Waals surface area contributed by atoms with Crippen LogP contribution in [-0.2, 0) is 17.9 Å². The molecular formula is C16H18N4O3. The predicted octanol–water partition coefficient (Wildman–Crippen LogP) is 1.32. The van der Waals surface area contributed by atoms with Crippen LogP contribution < -0.4 is 0 Å². The number of fused-ring (bicyclic) bond motifs is 3. The molecule has 2 aromatic rings. The third-order valence-corrected chi connectivity index (χ3v) is 4.60. The van der Waals surface area contributed by atoms with Crippen molar-refractivity contribution in [3.05, 3.63) is 47.3 Å². The summed E-state index contributed by atoms with van der Waals surface area (Å²) in [5, 5.41) is 17.2. The van der Waals surface area contributed by atoms with E-state index in [1.807, 2.05) is 10.7 Å². The van der Waals surface area contributed by atoms with E-state index in [-0.39, 0.29) is 12.1 Å². The number of ether oxygens (including phenoxy) is 1. The number of rotatable bonds is 3. The molecule has 7 nitrogen and oxygen atoms in total. The first-order chi connectivity index (χ1) is 11.2. The highest BCUT2D eigenvalue weighted by molar-refractivity contribution is 5.87. The Balaban J connectivity index is 1.45. The molecule has 23 heavy (non-hydrogen) atoms. The second-order valence-corrected chi connectivity index (χ2v) is 6.12. The maximum atomic E-state index is 11.1. The fraction of sp³-hybridized carbons (Fsp3) is 0.438. The van der Waals surface area contributed by atoms with Crippen molar-refractivity contribution in [2.24, 2.45) is 0 Å². The third kappa shape index (κ3) is 2.73. The summed E-state index contributed by atoms with van der Waals surface area (Å²) in [6.07, 6.45) is 2.83. The normalized spacial score (nSPS) is 24.0. The molecule has 7 heteroatoms. The molecule has 1 aromatic carbocycles. The topological polar surface area (TPSA) is 80.5 Å². The van der Waals surface area contributed by atoms with E-state index in [4.69, 9.17) is 9.84 Å². The molecule has 0 amide bonds. The Labute approximate surface area is 133 Å². The summed E-state index contributed by atoms with van der Waals surface area (Å²) in [5.41, 5.74) is 2.38. The quantitative estimate of drug-likeness (QED) is 0.920. The Morgan fingerprint density at radius 3 is 3.22 bits per heavy atom. The van der Waals surface area contributed by atoms with Crippen LogP contribution in [0.15, 0.2) is 30.5 Å². The second kappa shape index (κ2) is 5.75. The maximum absolute atomic E-state index is 11.1. The summed E-state index contributed by atoms with van der Waals surface area (Å²) >= 11 is 0. The molecule has 0 unspecified atom stereocenters. The predicted molar refractivity (Wildman–Crippen MR) is 80.9 cm³/mol. The molecule has 3 heterocycles. The van der Waals surface area contributed by atoms with E-state index < -0.39 is 5.97 Å². The average Bonchev–Trinajstić information content (AvgIpc) is 3.04. The molecule has 0 radical (unpaired) electrons. The van der Waals surface area contributed by atoms with Crippen molar-refractivity contribution in [1.29, 1.82) is 0 Å². The lowest BCUT2D eigenvalue weighted by Gasteiger charge is -2.41. The molecule has 2 atom stereocenters. The molecule has 0 spiro atoms. The van der Waals surface area contributed by atoms with Crippen LogP contribution >= 0.6 is 0 Å². The lowest BCUT2D eigenvalue weighted by atomic mass is 9.99. The molecule has 2 aliphatic rings. The van der Waals surface area contributed by atoms with Gasteiger partial charge in [0.1, 0.15) is 0 Å². The van der Waals surface area contributed by atoms with E-state index in [2.05, 4.69) is 15.2 Å². The first-order valence-electron chi connectivity index (χ1n) is 7.76. The van der Waals surface area contributed by atoms with Crippen molar-refractivity contribution in [3.63, 3.8) is 0 Å². The Morgan fingerprint density at radius 2 is 2.35 bits per heavy atom. The highest BCUT2D eigenvalue weighted by Gasteiger charge is 2.36. The largest absolute Gasteiger partial charge is 0.478 e. The summed E-state index contributed by atoms with van der Waals surface area (Å²) < 4.78 is 7.96. The zero-order valence-corrected chi connectivity index (χ0v) is 12.6. The first kappa shape index (κ1) is 14.3. The highest BCUT2D eigenvalue weighted by Crippen LogP contribution is 2.30. The van der Waals surface area contributed by atoms with Gasteiger partial charge in [-0.1, -0.05) is 17.3 Å². The number of carboxylic acids is 1. The molecular weight excluding hydrogens is 296 g/mol. The van der Waals surface area contributed by atoms with E-state index in [9.17, 15) is 4.79 Å². The van der Waals surface area contributed by atoms with Gasteiger partial charge in [-0.3, -0.25) is 4.90 Å². The van der Waals surface area contributed by atoms with Crippen LogP contribution in [0.25, 0.3) is 0 Å². The van der Waals surface area contributed by atoms with Crippen LogP contribution in [-0.4, -0.2) is 50.2 Å². The van der Waals surface area contributed by atoms with Crippen molar-refractivity contribution in [1.82, 2.24) is 19.9 Å². The van der Waals surface area contributed by atoms with Gasteiger partial charge >= 0.3 is 5.97 Å². The molecule has 1 N–H and O–H groups in total. The van der Waals surface area contributed by atoms with Gasteiger partial charge in [0.25, 0.3) is 0 Å². The van der Waals surface area contributed by atoms with Gasteiger partial charge in [-0.05, 0) is 24.1 Å². The number of nitrogens with zero attached hydrogens (tertiary/aromatic N) is 4. The van der Waals surface area contributed by atoms with Gasteiger partial charge in [0.2, 0.25) is 0 Å². The van der Waals surface area contributed by atoms with Crippen molar-refractivity contribution in [3.8, 4) is 0 Å². The molecule has 1 aromatic heterocycles. The van der Waals surface area contributed by atoms with Crippen LogP contribution in [0.2, 0.25) is 0 Å².